The van der Waals surface area contributed by atoms with Crippen molar-refractivity contribution >= 4 is 11.6 Å². The van der Waals surface area contributed by atoms with Gasteiger partial charge in [0.05, 0.1) is 11.6 Å². The summed E-state index contributed by atoms with van der Waals surface area (Å²) in [6.07, 6.45) is 10.5. The maximum atomic E-state index is 8.91. The van der Waals surface area contributed by atoms with Gasteiger partial charge in [-0.2, -0.15) is 5.26 Å². The molecule has 0 saturated carbocycles. The van der Waals surface area contributed by atoms with Gasteiger partial charge in [0.1, 0.15) is 0 Å². The van der Waals surface area contributed by atoms with Crippen LogP contribution in [0, 0.1) is 11.3 Å². The lowest BCUT2D eigenvalue weighted by Crippen LogP contribution is -1.91. The second-order valence-corrected chi connectivity index (χ2v) is 3.76. The molecule has 1 nitrogen and oxygen atoms in total. The third kappa shape index (κ3) is 1.97. The van der Waals surface area contributed by atoms with Crippen molar-refractivity contribution in [3.8, 4) is 6.07 Å². The molecule has 0 spiro atoms. The number of allylic oxidation sites excluding steroid dienone is 4. The number of nitriles is 1. The second kappa shape index (κ2) is 4.63. The van der Waals surface area contributed by atoms with E-state index in [1.807, 2.05) is 24.3 Å². The third-order valence-electron chi connectivity index (χ3n) is 2.71. The zero-order chi connectivity index (χ0) is 11.4. The topological polar surface area (TPSA) is 23.8 Å². The number of hydrogen-bond donors (Lipinski definition) is 0. The molecule has 1 aromatic carbocycles. The van der Waals surface area contributed by atoms with Crippen molar-refractivity contribution in [3.63, 3.8) is 0 Å². The molecular weight excluding hydrogens is 194 g/mol. The van der Waals surface area contributed by atoms with Crippen LogP contribution in [0.1, 0.15) is 29.5 Å². The zero-order valence-electron chi connectivity index (χ0n) is 9.11. The summed E-state index contributed by atoms with van der Waals surface area (Å²) >= 11 is 0. The molecule has 2 rings (SSSR count). The SMILES string of the molecule is C=Cc1ccc(C#N)cc1C1=CCCC=C1. The average Bonchev–Trinajstić information content (AvgIpc) is 2.39. The van der Waals surface area contributed by atoms with Gasteiger partial charge in [-0.05, 0) is 41.7 Å². The molecule has 0 aliphatic heterocycles. The highest BCUT2D eigenvalue weighted by Gasteiger charge is 2.06. The van der Waals surface area contributed by atoms with Crippen LogP contribution in [0.25, 0.3) is 11.6 Å². The van der Waals surface area contributed by atoms with Crippen molar-refractivity contribution in [1.82, 2.24) is 0 Å². The van der Waals surface area contributed by atoms with E-state index >= 15 is 0 Å². The molecule has 1 heteroatoms. The van der Waals surface area contributed by atoms with Crippen LogP contribution >= 0.6 is 0 Å². The molecule has 0 heterocycles. The van der Waals surface area contributed by atoms with Gasteiger partial charge in [-0.15, -0.1) is 0 Å². The number of benzene rings is 1. The summed E-state index contributed by atoms with van der Waals surface area (Å²) in [5.74, 6) is 0. The predicted molar refractivity (Wildman–Crippen MR) is 67.6 cm³/mol. The Morgan fingerprint density at radius 3 is 2.81 bits per heavy atom. The Morgan fingerprint density at radius 1 is 1.31 bits per heavy atom. The summed E-state index contributed by atoms with van der Waals surface area (Å²) in [6.45, 7) is 3.81. The van der Waals surface area contributed by atoms with Crippen LogP contribution in [-0.2, 0) is 0 Å². The van der Waals surface area contributed by atoms with Gasteiger partial charge in [0.15, 0.2) is 0 Å². The number of rotatable bonds is 2. The minimum Gasteiger partial charge on any atom is -0.192 e. The highest BCUT2D eigenvalue weighted by atomic mass is 14.2. The van der Waals surface area contributed by atoms with Gasteiger partial charge in [-0.25, -0.2) is 0 Å². The molecule has 0 atom stereocenters. The first-order valence-corrected chi connectivity index (χ1v) is 5.39. The maximum absolute atomic E-state index is 8.91. The number of nitrogens with zero attached hydrogens (tertiary/aromatic N) is 1. The molecule has 78 valence electrons. The molecule has 0 unspecified atom stereocenters. The Labute approximate surface area is 96.0 Å². The van der Waals surface area contributed by atoms with E-state index in [2.05, 4.69) is 30.9 Å². The van der Waals surface area contributed by atoms with Crippen LogP contribution in [0.5, 0.6) is 0 Å². The van der Waals surface area contributed by atoms with Crippen molar-refractivity contribution in [3.05, 3.63) is 59.7 Å². The molecule has 0 bridgehead atoms. The standard InChI is InChI=1S/C15H13N/c1-2-13-9-8-12(11-16)10-15(13)14-6-4-3-5-7-14/h2,4,6-10H,1,3,5H2. The van der Waals surface area contributed by atoms with Crippen LogP contribution in [0.3, 0.4) is 0 Å². The van der Waals surface area contributed by atoms with E-state index in [1.165, 1.54) is 5.57 Å². The van der Waals surface area contributed by atoms with E-state index < -0.39 is 0 Å². The number of hydrogen-bond acceptors (Lipinski definition) is 1. The van der Waals surface area contributed by atoms with Crippen molar-refractivity contribution in [1.29, 1.82) is 5.26 Å². The zero-order valence-corrected chi connectivity index (χ0v) is 9.11. The Balaban J connectivity index is 2.53. The first-order valence-electron chi connectivity index (χ1n) is 5.39. The fourth-order valence-electron chi connectivity index (χ4n) is 1.87. The molecular formula is C15H13N. The fourth-order valence-corrected chi connectivity index (χ4v) is 1.87. The van der Waals surface area contributed by atoms with Crippen LogP contribution in [0.15, 0.2) is 43.0 Å². The van der Waals surface area contributed by atoms with Crippen molar-refractivity contribution in [2.45, 2.75) is 12.8 Å². The molecule has 1 aliphatic rings. The predicted octanol–water partition coefficient (Wildman–Crippen LogP) is 3.93. The van der Waals surface area contributed by atoms with E-state index in [4.69, 9.17) is 5.26 Å². The van der Waals surface area contributed by atoms with Gasteiger partial charge >= 0.3 is 0 Å². The summed E-state index contributed by atoms with van der Waals surface area (Å²) in [6, 6.07) is 7.88. The van der Waals surface area contributed by atoms with Gasteiger partial charge in [-0.1, -0.05) is 36.9 Å². The Morgan fingerprint density at radius 2 is 2.19 bits per heavy atom. The minimum atomic E-state index is 0.695. The molecule has 0 radical (unpaired) electrons. The monoisotopic (exact) mass is 207 g/mol. The van der Waals surface area contributed by atoms with Gasteiger partial charge < -0.3 is 0 Å². The Kier molecular flexibility index (Phi) is 3.03. The fraction of sp³-hybridized carbons (Fsp3) is 0.133. The molecule has 0 N–H and O–H groups in total. The van der Waals surface area contributed by atoms with Crippen molar-refractivity contribution < 1.29 is 0 Å². The summed E-state index contributed by atoms with van der Waals surface area (Å²) in [7, 11) is 0. The van der Waals surface area contributed by atoms with Crippen molar-refractivity contribution in [2.24, 2.45) is 0 Å². The van der Waals surface area contributed by atoms with E-state index in [0.29, 0.717) is 5.56 Å². The molecule has 0 fully saturated rings. The highest BCUT2D eigenvalue weighted by Crippen LogP contribution is 2.26. The van der Waals surface area contributed by atoms with Crippen LogP contribution in [-0.4, -0.2) is 0 Å². The highest BCUT2D eigenvalue weighted by molar-refractivity contribution is 5.81. The maximum Gasteiger partial charge on any atom is 0.0991 e. The van der Waals surface area contributed by atoms with Crippen LogP contribution in [0.4, 0.5) is 0 Å². The molecule has 0 aromatic heterocycles. The lowest BCUT2D eigenvalue weighted by molar-refractivity contribution is 1.04. The summed E-state index contributed by atoms with van der Waals surface area (Å²) in [5.41, 5.74) is 4.07. The first-order chi connectivity index (χ1) is 7.85. The van der Waals surface area contributed by atoms with E-state index in [0.717, 1.165) is 24.0 Å². The van der Waals surface area contributed by atoms with E-state index in [9.17, 15) is 0 Å². The lowest BCUT2D eigenvalue weighted by atomic mass is 9.94. The molecule has 1 aliphatic carbocycles. The summed E-state index contributed by atoms with van der Waals surface area (Å²) in [5, 5.41) is 8.91. The van der Waals surface area contributed by atoms with Gasteiger partial charge in [0, 0.05) is 0 Å². The quantitative estimate of drug-likeness (QED) is 0.720. The average molecular weight is 207 g/mol. The summed E-state index contributed by atoms with van der Waals surface area (Å²) in [4.78, 5) is 0. The van der Waals surface area contributed by atoms with Gasteiger partial charge in [0.2, 0.25) is 0 Å². The normalized spacial score (nSPS) is 14.1. The smallest absolute Gasteiger partial charge is 0.0991 e. The first kappa shape index (κ1) is 10.4. The van der Waals surface area contributed by atoms with Crippen LogP contribution in [0.2, 0.25) is 0 Å². The Bertz CT molecular complexity index is 513. The molecule has 0 amide bonds. The lowest BCUT2D eigenvalue weighted by Gasteiger charge is -2.10. The third-order valence-corrected chi connectivity index (χ3v) is 2.71. The molecule has 16 heavy (non-hydrogen) atoms. The van der Waals surface area contributed by atoms with Gasteiger partial charge in [-0.3, -0.25) is 0 Å². The second-order valence-electron chi connectivity index (χ2n) is 3.76. The van der Waals surface area contributed by atoms with E-state index in [-0.39, 0.29) is 0 Å². The van der Waals surface area contributed by atoms with Crippen LogP contribution < -0.4 is 0 Å². The van der Waals surface area contributed by atoms with Gasteiger partial charge in [0.25, 0.3) is 0 Å². The molecule has 0 saturated heterocycles. The summed E-state index contributed by atoms with van der Waals surface area (Å²) < 4.78 is 0. The Hall–Kier alpha value is -2.07. The van der Waals surface area contributed by atoms with Crippen molar-refractivity contribution in [2.75, 3.05) is 0 Å². The van der Waals surface area contributed by atoms with E-state index in [1.54, 1.807) is 0 Å². The molecule has 1 aromatic rings. The largest absolute Gasteiger partial charge is 0.192 e. The minimum absolute atomic E-state index is 0.695.